The van der Waals surface area contributed by atoms with Gasteiger partial charge in [-0.3, -0.25) is 4.79 Å². The molecule has 1 nitrogen and oxygen atoms in total. The number of ketones is 1. The Hall–Kier alpha value is -0.590. The first-order valence-corrected chi connectivity index (χ1v) is 4.93. The predicted molar refractivity (Wildman–Crippen MR) is 48.8 cm³/mol. The molecular formula is C11H16O. The van der Waals surface area contributed by atoms with Gasteiger partial charge in [0.15, 0.2) is 0 Å². The van der Waals surface area contributed by atoms with Gasteiger partial charge < -0.3 is 0 Å². The first kappa shape index (κ1) is 8.03. The van der Waals surface area contributed by atoms with Crippen LogP contribution < -0.4 is 0 Å². The summed E-state index contributed by atoms with van der Waals surface area (Å²) in [5.74, 6) is 0.848. The molecule has 0 bridgehead atoms. The molecule has 0 spiro atoms. The van der Waals surface area contributed by atoms with Crippen molar-refractivity contribution in [3.63, 3.8) is 0 Å². The van der Waals surface area contributed by atoms with Crippen molar-refractivity contribution in [1.82, 2.24) is 0 Å². The van der Waals surface area contributed by atoms with E-state index in [9.17, 15) is 4.79 Å². The van der Waals surface area contributed by atoms with Gasteiger partial charge in [-0.2, -0.15) is 0 Å². The van der Waals surface area contributed by atoms with Crippen LogP contribution in [0.3, 0.4) is 0 Å². The van der Waals surface area contributed by atoms with Crippen LogP contribution >= 0.6 is 0 Å². The molecule has 2 aliphatic carbocycles. The lowest BCUT2D eigenvalue weighted by Gasteiger charge is -2.28. The summed E-state index contributed by atoms with van der Waals surface area (Å²) in [6, 6.07) is 0. The largest absolute Gasteiger partial charge is 0.299 e. The van der Waals surface area contributed by atoms with Crippen molar-refractivity contribution in [3.05, 3.63) is 12.2 Å². The molecule has 0 aromatic carbocycles. The molecule has 1 saturated carbocycles. The molecule has 0 aromatic rings. The highest BCUT2D eigenvalue weighted by molar-refractivity contribution is 5.84. The average molecular weight is 164 g/mol. The summed E-state index contributed by atoms with van der Waals surface area (Å²) < 4.78 is 0. The molecular weight excluding hydrogens is 148 g/mol. The van der Waals surface area contributed by atoms with E-state index < -0.39 is 0 Å². The van der Waals surface area contributed by atoms with E-state index in [1.54, 1.807) is 0 Å². The fourth-order valence-corrected chi connectivity index (χ4v) is 2.63. The van der Waals surface area contributed by atoms with E-state index in [1.165, 1.54) is 12.8 Å². The standard InChI is InChI=1S/C11H16O/c1-11(7-2-3-8-11)9-5-4-6-10(9)12/h2,7,9H,3-6,8H2,1H3. The van der Waals surface area contributed by atoms with E-state index in [0.717, 1.165) is 19.3 Å². The average Bonchev–Trinajstić information content (AvgIpc) is 2.59. The molecule has 0 amide bonds. The van der Waals surface area contributed by atoms with Gasteiger partial charge in [-0.05, 0) is 31.1 Å². The van der Waals surface area contributed by atoms with Gasteiger partial charge >= 0.3 is 0 Å². The Morgan fingerprint density at radius 2 is 2.42 bits per heavy atom. The van der Waals surface area contributed by atoms with Crippen LogP contribution in [0.25, 0.3) is 0 Å². The molecule has 0 N–H and O–H groups in total. The van der Waals surface area contributed by atoms with Crippen LogP contribution in [0.4, 0.5) is 0 Å². The number of hydrogen-bond acceptors (Lipinski definition) is 1. The number of carbonyl (C=O) groups excluding carboxylic acids is 1. The van der Waals surface area contributed by atoms with Crippen molar-refractivity contribution in [1.29, 1.82) is 0 Å². The highest BCUT2D eigenvalue weighted by Crippen LogP contribution is 2.44. The monoisotopic (exact) mass is 164 g/mol. The van der Waals surface area contributed by atoms with E-state index in [4.69, 9.17) is 0 Å². The molecule has 0 heterocycles. The van der Waals surface area contributed by atoms with Crippen molar-refractivity contribution in [2.24, 2.45) is 11.3 Å². The van der Waals surface area contributed by atoms with Crippen molar-refractivity contribution in [2.45, 2.75) is 39.0 Å². The second kappa shape index (κ2) is 2.72. The highest BCUT2D eigenvalue weighted by Gasteiger charge is 2.40. The summed E-state index contributed by atoms with van der Waals surface area (Å²) in [5.41, 5.74) is 0.216. The van der Waals surface area contributed by atoms with Gasteiger partial charge in [0.25, 0.3) is 0 Å². The number of allylic oxidation sites excluding steroid dienone is 2. The van der Waals surface area contributed by atoms with Crippen LogP contribution in [0.1, 0.15) is 39.0 Å². The maximum atomic E-state index is 11.5. The van der Waals surface area contributed by atoms with Crippen molar-refractivity contribution < 1.29 is 4.79 Å². The Labute approximate surface area is 73.8 Å². The third-order valence-electron chi connectivity index (χ3n) is 3.45. The molecule has 2 aliphatic rings. The summed E-state index contributed by atoms with van der Waals surface area (Å²) in [6.45, 7) is 2.24. The molecule has 0 aliphatic heterocycles. The first-order chi connectivity index (χ1) is 5.72. The molecule has 66 valence electrons. The molecule has 2 unspecified atom stereocenters. The van der Waals surface area contributed by atoms with E-state index >= 15 is 0 Å². The van der Waals surface area contributed by atoms with Crippen molar-refractivity contribution >= 4 is 5.78 Å². The molecule has 1 fully saturated rings. The van der Waals surface area contributed by atoms with Crippen LogP contribution in [0, 0.1) is 11.3 Å². The third-order valence-corrected chi connectivity index (χ3v) is 3.45. The Morgan fingerprint density at radius 1 is 1.58 bits per heavy atom. The zero-order valence-corrected chi connectivity index (χ0v) is 7.68. The SMILES string of the molecule is CC1(C2CCCC2=O)C=CCC1. The lowest BCUT2D eigenvalue weighted by atomic mass is 9.75. The second-order valence-electron chi connectivity index (χ2n) is 4.36. The summed E-state index contributed by atoms with van der Waals surface area (Å²) in [5, 5.41) is 0. The van der Waals surface area contributed by atoms with Crippen LogP contribution in [0.2, 0.25) is 0 Å². The zero-order chi connectivity index (χ0) is 8.60. The maximum absolute atomic E-state index is 11.5. The molecule has 0 aromatic heterocycles. The maximum Gasteiger partial charge on any atom is 0.136 e. The Kier molecular flexibility index (Phi) is 1.82. The van der Waals surface area contributed by atoms with E-state index in [-0.39, 0.29) is 5.41 Å². The van der Waals surface area contributed by atoms with E-state index in [1.807, 2.05) is 0 Å². The van der Waals surface area contributed by atoms with Gasteiger partial charge in [0.1, 0.15) is 5.78 Å². The Morgan fingerprint density at radius 3 is 2.92 bits per heavy atom. The van der Waals surface area contributed by atoms with Gasteiger partial charge in [0.05, 0.1) is 0 Å². The Bertz CT molecular complexity index is 229. The van der Waals surface area contributed by atoms with Gasteiger partial charge in [-0.25, -0.2) is 0 Å². The number of hydrogen-bond donors (Lipinski definition) is 0. The summed E-state index contributed by atoms with van der Waals surface area (Å²) in [4.78, 5) is 11.5. The highest BCUT2D eigenvalue weighted by atomic mass is 16.1. The Balaban J connectivity index is 2.17. The second-order valence-corrected chi connectivity index (χ2v) is 4.36. The third kappa shape index (κ3) is 1.12. The summed E-state index contributed by atoms with van der Waals surface area (Å²) in [6.07, 6.45) is 9.91. The van der Waals surface area contributed by atoms with E-state index in [0.29, 0.717) is 11.7 Å². The number of Topliss-reactive ketones (excluding diaryl/α,β-unsaturated/α-hetero) is 1. The minimum Gasteiger partial charge on any atom is -0.299 e. The molecule has 1 heteroatoms. The fraction of sp³-hybridized carbons (Fsp3) is 0.727. The van der Waals surface area contributed by atoms with Gasteiger partial charge in [-0.15, -0.1) is 0 Å². The lowest BCUT2D eigenvalue weighted by Crippen LogP contribution is -2.26. The molecule has 2 atom stereocenters. The van der Waals surface area contributed by atoms with Crippen LogP contribution in [-0.4, -0.2) is 5.78 Å². The summed E-state index contributed by atoms with van der Waals surface area (Å²) >= 11 is 0. The number of rotatable bonds is 1. The zero-order valence-electron chi connectivity index (χ0n) is 7.68. The predicted octanol–water partition coefficient (Wildman–Crippen LogP) is 2.71. The quantitative estimate of drug-likeness (QED) is 0.544. The van der Waals surface area contributed by atoms with Crippen LogP contribution in [0.15, 0.2) is 12.2 Å². The summed E-state index contributed by atoms with van der Waals surface area (Å²) in [7, 11) is 0. The first-order valence-electron chi connectivity index (χ1n) is 4.93. The smallest absolute Gasteiger partial charge is 0.136 e. The van der Waals surface area contributed by atoms with Gasteiger partial charge in [-0.1, -0.05) is 19.1 Å². The minimum absolute atomic E-state index is 0.216. The van der Waals surface area contributed by atoms with E-state index in [2.05, 4.69) is 19.1 Å². The van der Waals surface area contributed by atoms with Crippen LogP contribution in [-0.2, 0) is 4.79 Å². The van der Waals surface area contributed by atoms with Crippen molar-refractivity contribution in [3.8, 4) is 0 Å². The normalized spacial score (nSPS) is 41.1. The molecule has 0 saturated heterocycles. The fourth-order valence-electron chi connectivity index (χ4n) is 2.63. The molecule has 12 heavy (non-hydrogen) atoms. The van der Waals surface area contributed by atoms with Gasteiger partial charge in [0.2, 0.25) is 0 Å². The molecule has 0 radical (unpaired) electrons. The van der Waals surface area contributed by atoms with Gasteiger partial charge in [0, 0.05) is 12.3 Å². The minimum atomic E-state index is 0.216. The van der Waals surface area contributed by atoms with Crippen LogP contribution in [0.5, 0.6) is 0 Å². The van der Waals surface area contributed by atoms with Crippen molar-refractivity contribution in [2.75, 3.05) is 0 Å². The molecule has 2 rings (SSSR count). The topological polar surface area (TPSA) is 17.1 Å². The number of carbonyl (C=O) groups is 1. The lowest BCUT2D eigenvalue weighted by molar-refractivity contribution is -0.123.